The summed E-state index contributed by atoms with van der Waals surface area (Å²) in [6.45, 7) is 4.12. The molecule has 1 aliphatic rings. The maximum absolute atomic E-state index is 12.1. The molecule has 1 heterocycles. The van der Waals surface area contributed by atoms with Crippen LogP contribution in [0, 0.1) is 0 Å². The smallest absolute Gasteiger partial charge is 0.271 e. The average Bonchev–Trinajstić information content (AvgIpc) is 2.69. The number of hydrogen-bond acceptors (Lipinski definition) is 5. The summed E-state index contributed by atoms with van der Waals surface area (Å²) in [5.41, 5.74) is 5.09. The van der Waals surface area contributed by atoms with Crippen molar-refractivity contribution in [2.45, 2.75) is 6.54 Å². The van der Waals surface area contributed by atoms with E-state index in [4.69, 9.17) is 9.47 Å². The number of ether oxygens (including phenoxy) is 2. The quantitative estimate of drug-likeness (QED) is 0.563. The van der Waals surface area contributed by atoms with Crippen molar-refractivity contribution in [3.05, 3.63) is 63.6 Å². The number of amides is 1. The molecule has 3 rings (SSSR count). The highest BCUT2D eigenvalue weighted by Gasteiger charge is 2.13. The Morgan fingerprint density at radius 2 is 2.00 bits per heavy atom. The van der Waals surface area contributed by atoms with Gasteiger partial charge in [0.15, 0.2) is 0 Å². The van der Waals surface area contributed by atoms with Gasteiger partial charge in [-0.05, 0) is 48.0 Å². The van der Waals surface area contributed by atoms with Crippen LogP contribution >= 0.6 is 15.9 Å². The number of nitrogens with zero attached hydrogens (tertiary/aromatic N) is 2. The monoisotopic (exact) mass is 431 g/mol. The molecule has 6 nitrogen and oxygen atoms in total. The van der Waals surface area contributed by atoms with E-state index < -0.39 is 0 Å². The fraction of sp³-hybridized carbons (Fsp3) is 0.300. The SMILES string of the molecule is COc1ccc(C=NNC(=O)c2ccc(Br)cc2)cc1CN1CCOCC1. The summed E-state index contributed by atoms with van der Waals surface area (Å²) >= 11 is 3.35. The van der Waals surface area contributed by atoms with Crippen molar-refractivity contribution in [2.75, 3.05) is 33.4 Å². The summed E-state index contributed by atoms with van der Waals surface area (Å²) in [5, 5.41) is 4.07. The molecule has 0 radical (unpaired) electrons. The standard InChI is InChI=1S/C20H22BrN3O3/c1-26-19-7-2-15(12-17(19)14-24-8-10-27-11-9-24)13-22-23-20(25)16-3-5-18(21)6-4-16/h2-7,12-13H,8-11,14H2,1H3,(H,23,25). The molecule has 27 heavy (non-hydrogen) atoms. The van der Waals surface area contributed by atoms with Crippen molar-refractivity contribution in [3.63, 3.8) is 0 Å². The van der Waals surface area contributed by atoms with E-state index in [1.165, 1.54) is 0 Å². The van der Waals surface area contributed by atoms with Gasteiger partial charge in [-0.25, -0.2) is 5.43 Å². The van der Waals surface area contributed by atoms with Crippen molar-refractivity contribution in [1.29, 1.82) is 0 Å². The molecule has 142 valence electrons. The number of rotatable bonds is 6. The second-order valence-electron chi connectivity index (χ2n) is 6.17. The highest BCUT2D eigenvalue weighted by molar-refractivity contribution is 9.10. The number of carbonyl (C=O) groups excluding carboxylic acids is 1. The summed E-state index contributed by atoms with van der Waals surface area (Å²) in [6.07, 6.45) is 1.64. The molecule has 0 aliphatic carbocycles. The van der Waals surface area contributed by atoms with E-state index in [-0.39, 0.29) is 5.91 Å². The van der Waals surface area contributed by atoms with Crippen LogP contribution in [0.2, 0.25) is 0 Å². The van der Waals surface area contributed by atoms with Crippen LogP contribution in [0.4, 0.5) is 0 Å². The van der Waals surface area contributed by atoms with E-state index in [9.17, 15) is 4.79 Å². The van der Waals surface area contributed by atoms with E-state index in [1.54, 1.807) is 25.5 Å². The Bertz CT molecular complexity index is 803. The average molecular weight is 432 g/mol. The van der Waals surface area contributed by atoms with E-state index in [0.717, 1.165) is 54.2 Å². The van der Waals surface area contributed by atoms with E-state index in [2.05, 4.69) is 31.4 Å². The van der Waals surface area contributed by atoms with Crippen LogP contribution in [0.5, 0.6) is 5.75 Å². The molecule has 0 unspecified atom stereocenters. The number of morpholine rings is 1. The first-order valence-electron chi connectivity index (χ1n) is 8.71. The lowest BCUT2D eigenvalue weighted by Gasteiger charge is -2.27. The van der Waals surface area contributed by atoms with Gasteiger partial charge in [-0.2, -0.15) is 5.10 Å². The molecule has 0 atom stereocenters. The van der Waals surface area contributed by atoms with Gasteiger partial charge in [0, 0.05) is 35.2 Å². The van der Waals surface area contributed by atoms with Crippen LogP contribution in [-0.2, 0) is 11.3 Å². The van der Waals surface area contributed by atoms with Gasteiger partial charge >= 0.3 is 0 Å². The second kappa shape index (κ2) is 9.64. The van der Waals surface area contributed by atoms with Crippen LogP contribution in [0.3, 0.4) is 0 Å². The summed E-state index contributed by atoms with van der Waals surface area (Å²) in [5.74, 6) is 0.596. The Balaban J connectivity index is 1.65. The maximum Gasteiger partial charge on any atom is 0.271 e. The van der Waals surface area contributed by atoms with Gasteiger partial charge in [0.05, 0.1) is 26.5 Å². The van der Waals surface area contributed by atoms with E-state index in [0.29, 0.717) is 5.56 Å². The topological polar surface area (TPSA) is 63.2 Å². The maximum atomic E-state index is 12.1. The fourth-order valence-corrected chi connectivity index (χ4v) is 3.10. The Labute approximate surface area is 167 Å². The van der Waals surface area contributed by atoms with Crippen LogP contribution in [0.25, 0.3) is 0 Å². The minimum atomic E-state index is -0.249. The van der Waals surface area contributed by atoms with Gasteiger partial charge in [0.1, 0.15) is 5.75 Å². The van der Waals surface area contributed by atoms with Crippen molar-refractivity contribution in [3.8, 4) is 5.75 Å². The zero-order valence-electron chi connectivity index (χ0n) is 15.2. The summed E-state index contributed by atoms with van der Waals surface area (Å²) < 4.78 is 11.8. The summed E-state index contributed by atoms with van der Waals surface area (Å²) in [4.78, 5) is 14.4. The summed E-state index contributed by atoms with van der Waals surface area (Å²) in [7, 11) is 1.67. The van der Waals surface area contributed by atoms with Crippen LogP contribution in [0.1, 0.15) is 21.5 Å². The molecule has 2 aromatic rings. The third-order valence-electron chi connectivity index (χ3n) is 4.29. The molecule has 1 aliphatic heterocycles. The highest BCUT2D eigenvalue weighted by atomic mass is 79.9. The van der Waals surface area contributed by atoms with Crippen LogP contribution in [-0.4, -0.2) is 50.4 Å². The van der Waals surface area contributed by atoms with Gasteiger partial charge in [-0.15, -0.1) is 0 Å². The first-order valence-corrected chi connectivity index (χ1v) is 9.51. The Hall–Kier alpha value is -2.22. The molecule has 7 heteroatoms. The molecular formula is C20H22BrN3O3. The number of hydrogen-bond donors (Lipinski definition) is 1. The highest BCUT2D eigenvalue weighted by Crippen LogP contribution is 2.21. The number of carbonyl (C=O) groups is 1. The summed E-state index contributed by atoms with van der Waals surface area (Å²) in [6, 6.07) is 13.0. The molecule has 2 aromatic carbocycles. The van der Waals surface area contributed by atoms with Crippen molar-refractivity contribution in [2.24, 2.45) is 5.10 Å². The van der Waals surface area contributed by atoms with Crippen LogP contribution < -0.4 is 10.2 Å². The Morgan fingerprint density at radius 1 is 1.26 bits per heavy atom. The Kier molecular flexibility index (Phi) is 6.98. The molecule has 1 fully saturated rings. The predicted octanol–water partition coefficient (Wildman–Crippen LogP) is 3.05. The van der Waals surface area contributed by atoms with Crippen molar-refractivity contribution < 1.29 is 14.3 Å². The molecule has 1 amide bonds. The number of hydrazone groups is 1. The molecule has 0 aromatic heterocycles. The van der Waals surface area contributed by atoms with Gasteiger partial charge in [0.25, 0.3) is 5.91 Å². The minimum absolute atomic E-state index is 0.249. The predicted molar refractivity (Wildman–Crippen MR) is 108 cm³/mol. The third-order valence-corrected chi connectivity index (χ3v) is 4.82. The number of benzene rings is 2. The lowest BCUT2D eigenvalue weighted by atomic mass is 10.1. The molecule has 1 N–H and O–H groups in total. The fourth-order valence-electron chi connectivity index (χ4n) is 2.83. The number of halogens is 1. The Morgan fingerprint density at radius 3 is 2.70 bits per heavy atom. The van der Waals surface area contributed by atoms with Crippen molar-refractivity contribution in [1.82, 2.24) is 10.3 Å². The largest absolute Gasteiger partial charge is 0.496 e. The van der Waals surface area contributed by atoms with Gasteiger partial charge in [-0.1, -0.05) is 15.9 Å². The molecule has 0 saturated carbocycles. The first kappa shape index (κ1) is 19.5. The van der Waals surface area contributed by atoms with Gasteiger partial charge in [0.2, 0.25) is 0 Å². The number of methoxy groups -OCH3 is 1. The van der Waals surface area contributed by atoms with Gasteiger partial charge < -0.3 is 9.47 Å². The normalized spacial score (nSPS) is 15.0. The van der Waals surface area contributed by atoms with Crippen LogP contribution in [0.15, 0.2) is 52.0 Å². The zero-order valence-corrected chi connectivity index (χ0v) is 16.7. The zero-order chi connectivity index (χ0) is 19.1. The molecule has 0 bridgehead atoms. The molecule has 1 saturated heterocycles. The molecule has 0 spiro atoms. The molecular weight excluding hydrogens is 410 g/mol. The first-order chi connectivity index (χ1) is 13.2. The number of nitrogens with one attached hydrogen (secondary N) is 1. The lowest BCUT2D eigenvalue weighted by Crippen LogP contribution is -2.35. The van der Waals surface area contributed by atoms with E-state index >= 15 is 0 Å². The van der Waals surface area contributed by atoms with Gasteiger partial charge in [-0.3, -0.25) is 9.69 Å². The third kappa shape index (κ3) is 5.63. The van der Waals surface area contributed by atoms with Crippen molar-refractivity contribution >= 4 is 28.1 Å². The van der Waals surface area contributed by atoms with E-state index in [1.807, 2.05) is 30.3 Å². The second-order valence-corrected chi connectivity index (χ2v) is 7.08. The minimum Gasteiger partial charge on any atom is -0.496 e. The lowest BCUT2D eigenvalue weighted by molar-refractivity contribution is 0.0339.